The van der Waals surface area contributed by atoms with Crippen LogP contribution in [-0.2, 0) is 9.53 Å². The lowest BCUT2D eigenvalue weighted by atomic mass is 9.80. The Hall–Kier alpha value is -1.38. The first-order chi connectivity index (χ1) is 8.22. The van der Waals surface area contributed by atoms with Gasteiger partial charge in [-0.1, -0.05) is 30.7 Å². The Morgan fingerprint density at radius 2 is 2.06 bits per heavy atom. The highest BCUT2D eigenvalue weighted by Crippen LogP contribution is 2.36. The highest BCUT2D eigenvalue weighted by atomic mass is 19.1. The van der Waals surface area contributed by atoms with E-state index in [0.717, 1.165) is 0 Å². The van der Waals surface area contributed by atoms with Crippen molar-refractivity contribution in [3.63, 3.8) is 0 Å². The van der Waals surface area contributed by atoms with Gasteiger partial charge in [0.15, 0.2) is 0 Å². The molecule has 0 radical (unpaired) electrons. The number of carbonyl (C=O) groups excluding carboxylic acids is 1. The normalized spacial score (nSPS) is 17.3. The maximum Gasteiger partial charge on any atom is 0.345 e. The number of rotatable bonds is 4. The summed E-state index contributed by atoms with van der Waals surface area (Å²) in [5.74, 6) is -0.173. The third kappa shape index (κ3) is 2.65. The van der Waals surface area contributed by atoms with Crippen molar-refractivity contribution in [3.05, 3.63) is 35.4 Å². The molecule has 0 heterocycles. The molecule has 1 saturated carbocycles. The lowest BCUT2D eigenvalue weighted by Gasteiger charge is -2.25. The van der Waals surface area contributed by atoms with Gasteiger partial charge in [-0.2, -0.15) is 0 Å². The summed E-state index contributed by atoms with van der Waals surface area (Å²) in [6.07, 6.45) is 2.05. The van der Waals surface area contributed by atoms with Crippen LogP contribution in [0.2, 0.25) is 0 Å². The van der Waals surface area contributed by atoms with E-state index in [4.69, 9.17) is 0 Å². The predicted molar refractivity (Wildman–Crippen MR) is 63.5 cm³/mol. The zero-order valence-electron chi connectivity index (χ0n) is 9.99. The van der Waals surface area contributed by atoms with E-state index in [1.165, 1.54) is 24.8 Å². The van der Waals surface area contributed by atoms with Gasteiger partial charge in [-0.05, 0) is 36.8 Å². The number of carbonyl (C=O) groups is 1. The molecule has 0 spiro atoms. The smallest absolute Gasteiger partial charge is 0.345 e. The Bertz CT molecular complexity index is 382. The molecule has 0 amide bonds. The van der Waals surface area contributed by atoms with Gasteiger partial charge >= 0.3 is 5.97 Å². The van der Waals surface area contributed by atoms with Crippen LogP contribution in [0.1, 0.15) is 49.4 Å². The maximum atomic E-state index is 13.7. The molecule has 3 heteroatoms. The first kappa shape index (κ1) is 12.1. The van der Waals surface area contributed by atoms with Gasteiger partial charge in [-0.25, -0.2) is 9.18 Å². The summed E-state index contributed by atoms with van der Waals surface area (Å²) in [5.41, 5.74) is 1.63. The molecule has 1 aromatic rings. The molecule has 2 nitrogen and oxygen atoms in total. The molecule has 0 saturated heterocycles. The fourth-order valence-electron chi connectivity index (χ4n) is 2.03. The van der Waals surface area contributed by atoms with Crippen LogP contribution < -0.4 is 0 Å². The lowest BCUT2D eigenvalue weighted by Crippen LogP contribution is -2.12. The molecule has 1 aromatic carbocycles. The van der Waals surface area contributed by atoms with E-state index in [9.17, 15) is 9.18 Å². The largest absolute Gasteiger partial charge is 0.464 e. The molecule has 1 unspecified atom stereocenters. The number of halogens is 1. The Balaban J connectivity index is 2.03. The van der Waals surface area contributed by atoms with E-state index < -0.39 is 12.1 Å². The summed E-state index contributed by atoms with van der Waals surface area (Å²) in [4.78, 5) is 11.2. The van der Waals surface area contributed by atoms with Crippen molar-refractivity contribution in [1.82, 2.24) is 0 Å². The van der Waals surface area contributed by atoms with Crippen LogP contribution in [0.4, 0.5) is 4.39 Å². The van der Waals surface area contributed by atoms with E-state index in [0.29, 0.717) is 11.5 Å². The van der Waals surface area contributed by atoms with Gasteiger partial charge in [0.25, 0.3) is 0 Å². The first-order valence-corrected chi connectivity index (χ1v) is 6.13. The second-order valence-electron chi connectivity index (χ2n) is 4.41. The van der Waals surface area contributed by atoms with Gasteiger partial charge in [0.2, 0.25) is 6.17 Å². The highest BCUT2D eigenvalue weighted by Gasteiger charge is 2.23. The minimum atomic E-state index is -1.66. The average Bonchev–Trinajstić information content (AvgIpc) is 2.27. The molecule has 0 N–H and O–H groups in total. The molecular weight excluding hydrogens is 219 g/mol. The number of alkyl halides is 1. The zero-order valence-corrected chi connectivity index (χ0v) is 9.99. The summed E-state index contributed by atoms with van der Waals surface area (Å²) in [7, 11) is 0. The molecule has 2 rings (SSSR count). The van der Waals surface area contributed by atoms with Crippen molar-refractivity contribution in [2.24, 2.45) is 0 Å². The van der Waals surface area contributed by atoms with E-state index >= 15 is 0 Å². The van der Waals surface area contributed by atoms with E-state index in [1.54, 1.807) is 19.1 Å². The van der Waals surface area contributed by atoms with Crippen LogP contribution >= 0.6 is 0 Å². The number of esters is 1. The highest BCUT2D eigenvalue weighted by molar-refractivity contribution is 5.76. The minimum Gasteiger partial charge on any atom is -0.464 e. The van der Waals surface area contributed by atoms with E-state index in [2.05, 4.69) is 4.74 Å². The van der Waals surface area contributed by atoms with Gasteiger partial charge in [0.1, 0.15) is 0 Å². The molecule has 0 bridgehead atoms. The summed E-state index contributed by atoms with van der Waals surface area (Å²) in [5, 5.41) is 0. The number of ether oxygens (including phenoxy) is 1. The molecule has 0 aromatic heterocycles. The standard InChI is InChI=1S/C14H17FO2/c1-2-17-14(16)13(15)12-8-6-11(7-9-12)10-4-3-5-10/h6-10,13H,2-5H2,1H3. The zero-order chi connectivity index (χ0) is 12.3. The first-order valence-electron chi connectivity index (χ1n) is 6.13. The van der Waals surface area contributed by atoms with Crippen molar-refractivity contribution in [2.45, 2.75) is 38.3 Å². The second-order valence-corrected chi connectivity index (χ2v) is 4.41. The molecular formula is C14H17FO2. The van der Waals surface area contributed by atoms with E-state index in [-0.39, 0.29) is 6.61 Å². The van der Waals surface area contributed by atoms with Gasteiger partial charge < -0.3 is 4.74 Å². The Kier molecular flexibility index (Phi) is 3.77. The van der Waals surface area contributed by atoms with Crippen LogP contribution in [0, 0.1) is 0 Å². The van der Waals surface area contributed by atoms with Gasteiger partial charge in [-0.15, -0.1) is 0 Å². The fourth-order valence-corrected chi connectivity index (χ4v) is 2.03. The molecule has 0 aliphatic heterocycles. The Morgan fingerprint density at radius 3 is 2.53 bits per heavy atom. The summed E-state index contributed by atoms with van der Waals surface area (Å²) in [6, 6.07) is 7.22. The maximum absolute atomic E-state index is 13.7. The predicted octanol–water partition coefficient (Wildman–Crippen LogP) is 3.53. The fraction of sp³-hybridized carbons (Fsp3) is 0.500. The van der Waals surface area contributed by atoms with Gasteiger partial charge in [0, 0.05) is 0 Å². The van der Waals surface area contributed by atoms with Crippen molar-refractivity contribution in [3.8, 4) is 0 Å². The van der Waals surface area contributed by atoms with Gasteiger partial charge in [-0.3, -0.25) is 0 Å². The van der Waals surface area contributed by atoms with Crippen LogP contribution in [0.15, 0.2) is 24.3 Å². The SMILES string of the molecule is CCOC(=O)C(F)c1ccc(C2CCC2)cc1. The average molecular weight is 236 g/mol. The second kappa shape index (κ2) is 5.30. The monoisotopic (exact) mass is 236 g/mol. The van der Waals surface area contributed by atoms with Gasteiger partial charge in [0.05, 0.1) is 6.61 Å². The van der Waals surface area contributed by atoms with E-state index in [1.807, 2.05) is 12.1 Å². The summed E-state index contributed by atoms with van der Waals surface area (Å²) >= 11 is 0. The molecule has 1 atom stereocenters. The molecule has 1 fully saturated rings. The third-order valence-electron chi connectivity index (χ3n) is 3.30. The summed E-state index contributed by atoms with van der Waals surface area (Å²) in [6.45, 7) is 1.88. The van der Waals surface area contributed by atoms with Crippen molar-refractivity contribution in [1.29, 1.82) is 0 Å². The quantitative estimate of drug-likeness (QED) is 0.747. The molecule has 17 heavy (non-hydrogen) atoms. The van der Waals surface area contributed by atoms with Crippen LogP contribution in [0.3, 0.4) is 0 Å². The lowest BCUT2D eigenvalue weighted by molar-refractivity contribution is -0.149. The van der Waals surface area contributed by atoms with Crippen molar-refractivity contribution in [2.75, 3.05) is 6.61 Å². The van der Waals surface area contributed by atoms with Crippen LogP contribution in [-0.4, -0.2) is 12.6 Å². The third-order valence-corrected chi connectivity index (χ3v) is 3.30. The molecule has 1 aliphatic carbocycles. The Morgan fingerprint density at radius 1 is 1.41 bits per heavy atom. The molecule has 92 valence electrons. The number of hydrogen-bond donors (Lipinski definition) is 0. The number of hydrogen-bond acceptors (Lipinski definition) is 2. The van der Waals surface area contributed by atoms with Crippen LogP contribution in [0.5, 0.6) is 0 Å². The summed E-state index contributed by atoms with van der Waals surface area (Å²) < 4.78 is 18.3. The van der Waals surface area contributed by atoms with Crippen molar-refractivity contribution >= 4 is 5.97 Å². The minimum absolute atomic E-state index is 0.208. The Labute approximate surface area is 101 Å². The van der Waals surface area contributed by atoms with Crippen LogP contribution in [0.25, 0.3) is 0 Å². The topological polar surface area (TPSA) is 26.3 Å². The van der Waals surface area contributed by atoms with Crippen molar-refractivity contribution < 1.29 is 13.9 Å². The molecule has 1 aliphatic rings. The number of benzene rings is 1.